The van der Waals surface area contributed by atoms with E-state index in [2.05, 4.69) is 53.4 Å². The van der Waals surface area contributed by atoms with Gasteiger partial charge in [0, 0.05) is 13.2 Å². The third-order valence-corrected chi connectivity index (χ3v) is 5.34. The topological polar surface area (TPSA) is 41.9 Å². The quantitative estimate of drug-likeness (QED) is 0.362. The molecule has 1 N–H and O–H groups in total. The Morgan fingerprint density at radius 3 is 1.88 bits per heavy atom. The maximum absolute atomic E-state index is 9.55. The summed E-state index contributed by atoms with van der Waals surface area (Å²) in [5, 5.41) is 9.55. The number of halogens is 1. The lowest BCUT2D eigenvalue weighted by atomic mass is 9.87. The van der Waals surface area contributed by atoms with Gasteiger partial charge in [0.05, 0.1) is 7.11 Å². The van der Waals surface area contributed by atoms with Crippen molar-refractivity contribution in [3.8, 4) is 11.5 Å². The molecule has 3 aromatic rings. The minimum Gasteiger partial charge on any atom is -0.497 e. The summed E-state index contributed by atoms with van der Waals surface area (Å²) >= 11 is 0. The number of hydrogen-bond donors (Lipinski definition) is 1. The van der Waals surface area contributed by atoms with E-state index in [1.807, 2.05) is 44.4 Å². The van der Waals surface area contributed by atoms with Gasteiger partial charge in [0.25, 0.3) is 0 Å². The van der Waals surface area contributed by atoms with Crippen molar-refractivity contribution in [3.05, 3.63) is 95.6 Å². The van der Waals surface area contributed by atoms with Crippen LogP contribution in [0.25, 0.3) is 11.1 Å². The normalized spacial score (nSPS) is 11.5. The molecule has 0 aliphatic carbocycles. The van der Waals surface area contributed by atoms with Crippen LogP contribution in [-0.4, -0.2) is 51.0 Å². The summed E-state index contributed by atoms with van der Waals surface area (Å²) < 4.78 is 11.3. The third-order valence-electron chi connectivity index (χ3n) is 5.34. The van der Waals surface area contributed by atoms with E-state index in [1.165, 1.54) is 5.57 Å². The number of rotatable bonds is 11. The highest BCUT2D eigenvalue weighted by molar-refractivity contribution is 5.98. The molecule has 0 aliphatic rings. The standard InChI is InChI=1S/C28H33NO3.ClH/c1-29(2)19-21-32-26-17-13-24(14-18-26)28(23-11-15-25(31-3)16-12-23)27(10-7-20-30)22-8-5-4-6-9-22;/h4-6,8-9,11-18,30H,7,10,19-21H2,1-3H3;1H/b28-27-;. The molecule has 0 saturated heterocycles. The molecule has 33 heavy (non-hydrogen) atoms. The van der Waals surface area contributed by atoms with Crippen molar-refractivity contribution in [1.82, 2.24) is 4.90 Å². The second-order valence-electron chi connectivity index (χ2n) is 7.95. The van der Waals surface area contributed by atoms with E-state index in [1.54, 1.807) is 7.11 Å². The van der Waals surface area contributed by atoms with Gasteiger partial charge in [-0.2, -0.15) is 0 Å². The van der Waals surface area contributed by atoms with Crippen molar-refractivity contribution in [2.75, 3.05) is 41.0 Å². The first kappa shape index (κ1) is 26.5. The molecule has 0 spiro atoms. The van der Waals surface area contributed by atoms with Crippen molar-refractivity contribution in [2.45, 2.75) is 12.8 Å². The van der Waals surface area contributed by atoms with Crippen LogP contribution in [-0.2, 0) is 0 Å². The maximum Gasteiger partial charge on any atom is 0.119 e. The zero-order valence-corrected chi connectivity index (χ0v) is 20.5. The first-order valence-electron chi connectivity index (χ1n) is 11.0. The number of aliphatic hydroxyl groups is 1. The van der Waals surface area contributed by atoms with Gasteiger partial charge in [0.1, 0.15) is 18.1 Å². The lowest BCUT2D eigenvalue weighted by Crippen LogP contribution is -2.19. The predicted octanol–water partition coefficient (Wildman–Crippen LogP) is 5.79. The third kappa shape index (κ3) is 7.64. The van der Waals surface area contributed by atoms with Crippen LogP contribution >= 0.6 is 12.4 Å². The number of hydrogen-bond acceptors (Lipinski definition) is 4. The van der Waals surface area contributed by atoms with E-state index in [-0.39, 0.29) is 19.0 Å². The van der Waals surface area contributed by atoms with Crippen LogP contribution in [0.3, 0.4) is 0 Å². The summed E-state index contributed by atoms with van der Waals surface area (Å²) in [4.78, 5) is 2.10. The summed E-state index contributed by atoms with van der Waals surface area (Å²) in [6.07, 6.45) is 1.48. The molecule has 3 aromatic carbocycles. The Morgan fingerprint density at radius 1 is 0.788 bits per heavy atom. The average molecular weight is 468 g/mol. The zero-order chi connectivity index (χ0) is 22.8. The van der Waals surface area contributed by atoms with Crippen molar-refractivity contribution in [1.29, 1.82) is 0 Å². The van der Waals surface area contributed by atoms with E-state index in [9.17, 15) is 5.11 Å². The van der Waals surface area contributed by atoms with Gasteiger partial charge in [0.15, 0.2) is 0 Å². The second-order valence-corrected chi connectivity index (χ2v) is 7.95. The highest BCUT2D eigenvalue weighted by atomic mass is 35.5. The van der Waals surface area contributed by atoms with Crippen LogP contribution in [0.15, 0.2) is 78.9 Å². The molecule has 0 amide bonds. The SMILES string of the molecule is COc1ccc(/C(=C(\CCCO)c2ccccc2)c2ccc(OCCN(C)C)cc2)cc1.Cl. The Morgan fingerprint density at radius 2 is 1.36 bits per heavy atom. The highest BCUT2D eigenvalue weighted by Gasteiger charge is 2.14. The van der Waals surface area contributed by atoms with Gasteiger partial charge in [-0.1, -0.05) is 54.6 Å². The van der Waals surface area contributed by atoms with Crippen molar-refractivity contribution >= 4 is 23.6 Å². The minimum atomic E-state index is 0. The fraction of sp³-hybridized carbons (Fsp3) is 0.286. The summed E-state index contributed by atoms with van der Waals surface area (Å²) in [6, 6.07) is 26.9. The highest BCUT2D eigenvalue weighted by Crippen LogP contribution is 2.36. The number of aliphatic hydroxyl groups excluding tert-OH is 1. The molecule has 0 bridgehead atoms. The molecule has 0 heterocycles. The molecule has 0 atom stereocenters. The van der Waals surface area contributed by atoms with Gasteiger partial charge in [-0.05, 0) is 79.0 Å². The Bertz CT molecular complexity index is 984. The van der Waals surface area contributed by atoms with Crippen molar-refractivity contribution in [3.63, 3.8) is 0 Å². The number of nitrogens with zero attached hydrogens (tertiary/aromatic N) is 1. The fourth-order valence-corrected chi connectivity index (χ4v) is 3.65. The van der Waals surface area contributed by atoms with Gasteiger partial charge < -0.3 is 19.5 Å². The maximum atomic E-state index is 9.55. The average Bonchev–Trinajstić information content (AvgIpc) is 2.83. The molecule has 3 rings (SSSR count). The van der Waals surface area contributed by atoms with Crippen molar-refractivity contribution in [2.24, 2.45) is 0 Å². The van der Waals surface area contributed by atoms with E-state index in [0.717, 1.165) is 46.7 Å². The number of methoxy groups -OCH3 is 1. The fourth-order valence-electron chi connectivity index (χ4n) is 3.65. The van der Waals surface area contributed by atoms with Crippen LogP contribution in [0.1, 0.15) is 29.5 Å². The van der Waals surface area contributed by atoms with Gasteiger partial charge in [-0.25, -0.2) is 0 Å². The summed E-state index contributed by atoms with van der Waals surface area (Å²) in [5.41, 5.74) is 5.77. The Balaban J connectivity index is 0.00000385. The van der Waals surface area contributed by atoms with E-state index >= 15 is 0 Å². The molecule has 0 saturated carbocycles. The molecule has 0 radical (unpaired) electrons. The molecule has 0 unspecified atom stereocenters. The van der Waals surface area contributed by atoms with Gasteiger partial charge >= 0.3 is 0 Å². The molecule has 0 aromatic heterocycles. The number of benzene rings is 3. The van der Waals surface area contributed by atoms with Gasteiger partial charge in [0.2, 0.25) is 0 Å². The van der Waals surface area contributed by atoms with Gasteiger partial charge in [-0.3, -0.25) is 0 Å². The molecule has 0 fully saturated rings. The first-order valence-corrected chi connectivity index (χ1v) is 11.0. The molecule has 4 nitrogen and oxygen atoms in total. The summed E-state index contributed by atoms with van der Waals surface area (Å²) in [5.74, 6) is 1.69. The number of ether oxygens (including phenoxy) is 2. The Kier molecular flexibility index (Phi) is 11.0. The van der Waals surface area contributed by atoms with Crippen LogP contribution in [0, 0.1) is 0 Å². The molecule has 0 aliphatic heterocycles. The molecular formula is C28H34ClNO3. The van der Waals surface area contributed by atoms with Crippen LogP contribution in [0.2, 0.25) is 0 Å². The first-order chi connectivity index (χ1) is 15.6. The number of allylic oxidation sites excluding steroid dienone is 1. The van der Waals surface area contributed by atoms with Crippen LogP contribution < -0.4 is 9.47 Å². The second kappa shape index (κ2) is 13.7. The lowest BCUT2D eigenvalue weighted by Gasteiger charge is -2.18. The van der Waals surface area contributed by atoms with E-state index in [0.29, 0.717) is 13.0 Å². The van der Waals surface area contributed by atoms with Crippen LogP contribution in [0.4, 0.5) is 0 Å². The summed E-state index contributed by atoms with van der Waals surface area (Å²) in [6.45, 7) is 1.68. The molecule has 5 heteroatoms. The lowest BCUT2D eigenvalue weighted by molar-refractivity contribution is 0.261. The molecule has 176 valence electrons. The zero-order valence-electron chi connectivity index (χ0n) is 19.7. The van der Waals surface area contributed by atoms with E-state index < -0.39 is 0 Å². The predicted molar refractivity (Wildman–Crippen MR) is 139 cm³/mol. The Hall–Kier alpha value is -2.79. The van der Waals surface area contributed by atoms with Crippen molar-refractivity contribution < 1.29 is 14.6 Å². The Labute approximate surface area is 203 Å². The van der Waals surface area contributed by atoms with E-state index in [4.69, 9.17) is 9.47 Å². The molecular weight excluding hydrogens is 434 g/mol. The monoisotopic (exact) mass is 467 g/mol. The largest absolute Gasteiger partial charge is 0.497 e. The van der Waals surface area contributed by atoms with Gasteiger partial charge in [-0.15, -0.1) is 12.4 Å². The van der Waals surface area contributed by atoms with Crippen LogP contribution in [0.5, 0.6) is 11.5 Å². The smallest absolute Gasteiger partial charge is 0.119 e. The number of likely N-dealkylation sites (N-methyl/N-ethyl adjacent to an activating group) is 1. The summed E-state index contributed by atoms with van der Waals surface area (Å²) in [7, 11) is 5.75. The minimum absolute atomic E-state index is 0.